The lowest BCUT2D eigenvalue weighted by molar-refractivity contribution is 0.409. The summed E-state index contributed by atoms with van der Waals surface area (Å²) < 4.78 is 6.01. The van der Waals surface area contributed by atoms with Gasteiger partial charge in [-0.15, -0.1) is 17.0 Å². The molecule has 35 heavy (non-hydrogen) atoms. The van der Waals surface area contributed by atoms with Gasteiger partial charge in [0.2, 0.25) is 0 Å². The van der Waals surface area contributed by atoms with Gasteiger partial charge in [0.1, 0.15) is 5.75 Å². The molecule has 4 heteroatoms. The van der Waals surface area contributed by atoms with E-state index in [1.165, 1.54) is 50.4 Å². The highest BCUT2D eigenvalue weighted by Gasteiger charge is 2.36. The van der Waals surface area contributed by atoms with Crippen LogP contribution in [-0.4, -0.2) is 21.2 Å². The molecule has 0 saturated carbocycles. The van der Waals surface area contributed by atoms with E-state index in [0.717, 1.165) is 11.4 Å². The normalized spacial score (nSPS) is 14.0. The summed E-state index contributed by atoms with van der Waals surface area (Å²) >= 11 is 0. The van der Waals surface area contributed by atoms with E-state index >= 15 is 0 Å². The first-order valence-corrected chi connectivity index (χ1v) is 11.8. The average Bonchev–Trinajstić information content (AvgIpc) is 2.82. The Balaban J connectivity index is 0.00000289. The van der Waals surface area contributed by atoms with E-state index < -0.39 is 0 Å². The minimum absolute atomic E-state index is 0. The topological polar surface area (TPSA) is 15.7 Å². The molecule has 1 aliphatic heterocycles. The maximum Gasteiger partial charge on any atom is 0.125 e. The van der Waals surface area contributed by atoms with Crippen molar-refractivity contribution in [2.45, 2.75) is 26.7 Å². The van der Waals surface area contributed by atoms with Crippen LogP contribution < -0.4 is 14.5 Å². The molecule has 0 radical (unpaired) electrons. The van der Waals surface area contributed by atoms with Crippen molar-refractivity contribution in [2.75, 3.05) is 31.0 Å². The molecule has 0 fully saturated rings. The number of benzene rings is 4. The first-order valence-electron chi connectivity index (χ1n) is 11.8. The largest absolute Gasteiger partial charge is 0.496 e. The summed E-state index contributed by atoms with van der Waals surface area (Å²) in [5.41, 5.74) is 12.5. The molecule has 1 aliphatic rings. The smallest absolute Gasteiger partial charge is 0.125 e. The summed E-state index contributed by atoms with van der Waals surface area (Å²) in [5.74, 6) is 0.991. The van der Waals surface area contributed by atoms with Gasteiger partial charge in [0.05, 0.1) is 18.5 Å². The highest BCUT2D eigenvalue weighted by Crippen LogP contribution is 2.55. The van der Waals surface area contributed by atoms with Crippen LogP contribution in [0.3, 0.4) is 0 Å². The third kappa shape index (κ3) is 4.21. The Hall–Kier alpha value is -3.24. The van der Waals surface area contributed by atoms with Crippen LogP contribution in [0, 0.1) is 20.8 Å². The molecule has 0 aliphatic carbocycles. The second-order valence-electron chi connectivity index (χ2n) is 9.45. The van der Waals surface area contributed by atoms with Crippen LogP contribution in [0.15, 0.2) is 78.9 Å². The van der Waals surface area contributed by atoms with Crippen molar-refractivity contribution in [3.63, 3.8) is 0 Å². The Morgan fingerprint density at radius 1 is 0.743 bits per heavy atom. The molecule has 0 amide bonds. The Kier molecular flexibility index (Phi) is 6.95. The molecule has 4 aromatic carbocycles. The summed E-state index contributed by atoms with van der Waals surface area (Å²) in [6.45, 7) is 6.65. The number of rotatable bonds is 4. The number of ether oxygens (including phenoxy) is 1. The fourth-order valence-corrected chi connectivity index (χ4v) is 5.54. The molecule has 180 valence electrons. The number of nitrogens with zero attached hydrogens (tertiary/aromatic N) is 2. The predicted molar refractivity (Wildman–Crippen MR) is 154 cm³/mol. The van der Waals surface area contributed by atoms with Crippen LogP contribution in [-0.2, 0) is 0 Å². The maximum absolute atomic E-state index is 6.01. The standard InChI is InChI=1S/C31H32N2O.BrH/c1-20-17-21(2)29(22(3)18-20)30-25-19-24(32(4)5)15-16-26(25)33(23-11-8-7-9-12-23)27-13-10-14-28(34-6)31(27)30;/h7-19,30H,1-6H3;1H. The molecule has 5 rings (SSSR count). The van der Waals surface area contributed by atoms with Crippen molar-refractivity contribution in [2.24, 2.45) is 0 Å². The highest BCUT2D eigenvalue weighted by molar-refractivity contribution is 8.93. The minimum Gasteiger partial charge on any atom is -0.496 e. The molecule has 0 N–H and O–H groups in total. The lowest BCUT2D eigenvalue weighted by atomic mass is 9.76. The van der Waals surface area contributed by atoms with E-state index in [0.29, 0.717) is 0 Å². The van der Waals surface area contributed by atoms with Crippen molar-refractivity contribution in [3.05, 3.63) is 112 Å². The van der Waals surface area contributed by atoms with Gasteiger partial charge in [-0.2, -0.15) is 0 Å². The fraction of sp³-hybridized carbons (Fsp3) is 0.226. The first-order chi connectivity index (χ1) is 16.4. The summed E-state index contributed by atoms with van der Waals surface area (Å²) in [5, 5.41) is 0. The van der Waals surface area contributed by atoms with Crippen molar-refractivity contribution < 1.29 is 4.74 Å². The van der Waals surface area contributed by atoms with Crippen LogP contribution >= 0.6 is 17.0 Å². The van der Waals surface area contributed by atoms with Crippen molar-refractivity contribution in [1.82, 2.24) is 0 Å². The van der Waals surface area contributed by atoms with E-state index in [-0.39, 0.29) is 22.9 Å². The number of hydrogen-bond donors (Lipinski definition) is 0. The van der Waals surface area contributed by atoms with Crippen LogP contribution in [0.25, 0.3) is 0 Å². The van der Waals surface area contributed by atoms with E-state index in [4.69, 9.17) is 4.74 Å². The zero-order valence-corrected chi connectivity index (χ0v) is 23.0. The summed E-state index contributed by atoms with van der Waals surface area (Å²) in [4.78, 5) is 4.55. The first kappa shape index (κ1) is 24.9. The van der Waals surface area contributed by atoms with Crippen molar-refractivity contribution >= 4 is 39.7 Å². The van der Waals surface area contributed by atoms with Gasteiger partial charge < -0.3 is 14.5 Å². The molecule has 0 spiro atoms. The molecule has 0 aromatic heterocycles. The number of methoxy groups -OCH3 is 1. The van der Waals surface area contributed by atoms with E-state index in [1.54, 1.807) is 7.11 Å². The lowest BCUT2D eigenvalue weighted by Crippen LogP contribution is -2.24. The second kappa shape index (κ2) is 9.79. The van der Waals surface area contributed by atoms with Gasteiger partial charge in [0.25, 0.3) is 0 Å². The van der Waals surface area contributed by atoms with Gasteiger partial charge in [-0.25, -0.2) is 0 Å². The summed E-state index contributed by atoms with van der Waals surface area (Å²) in [7, 11) is 5.98. The molecular weight excluding hydrogens is 496 g/mol. The molecule has 0 bridgehead atoms. The Labute approximate surface area is 219 Å². The number of hydrogen-bond acceptors (Lipinski definition) is 3. The van der Waals surface area contributed by atoms with Crippen LogP contribution in [0.2, 0.25) is 0 Å². The number of para-hydroxylation sites is 1. The van der Waals surface area contributed by atoms with Gasteiger partial charge >= 0.3 is 0 Å². The maximum atomic E-state index is 6.01. The van der Waals surface area contributed by atoms with Crippen LogP contribution in [0.4, 0.5) is 22.7 Å². The third-order valence-electron chi connectivity index (χ3n) is 6.91. The quantitative estimate of drug-likeness (QED) is 0.233. The van der Waals surface area contributed by atoms with Crippen molar-refractivity contribution in [1.29, 1.82) is 0 Å². The number of halogens is 1. The average molecular weight is 530 g/mol. The number of aryl methyl sites for hydroxylation is 3. The van der Waals surface area contributed by atoms with Gasteiger partial charge in [0, 0.05) is 37.0 Å². The van der Waals surface area contributed by atoms with E-state index in [2.05, 4.69) is 124 Å². The van der Waals surface area contributed by atoms with Crippen molar-refractivity contribution in [3.8, 4) is 5.75 Å². The Morgan fingerprint density at radius 2 is 1.43 bits per heavy atom. The monoisotopic (exact) mass is 528 g/mol. The Bertz CT molecular complexity index is 1340. The SMILES string of the molecule is Br.COc1cccc2c1C(c1c(C)cc(C)cc1C)c1cc(N(C)C)ccc1N2c1ccccc1. The molecule has 0 saturated heterocycles. The molecule has 1 unspecified atom stereocenters. The van der Waals surface area contributed by atoms with Gasteiger partial charge in [-0.3, -0.25) is 0 Å². The minimum atomic E-state index is 0. The molecule has 1 atom stereocenters. The number of fused-ring (bicyclic) bond motifs is 2. The van der Waals surface area contributed by atoms with E-state index in [9.17, 15) is 0 Å². The zero-order valence-electron chi connectivity index (χ0n) is 21.3. The van der Waals surface area contributed by atoms with Crippen LogP contribution in [0.1, 0.15) is 39.3 Å². The highest BCUT2D eigenvalue weighted by atomic mass is 79.9. The lowest BCUT2D eigenvalue weighted by Gasteiger charge is -2.40. The fourth-order valence-electron chi connectivity index (χ4n) is 5.54. The predicted octanol–water partition coefficient (Wildman–Crippen LogP) is 8.23. The third-order valence-corrected chi connectivity index (χ3v) is 6.91. The summed E-state index contributed by atoms with van der Waals surface area (Å²) in [6, 6.07) is 28.5. The Morgan fingerprint density at radius 3 is 2.06 bits per heavy atom. The van der Waals surface area contributed by atoms with Crippen LogP contribution in [0.5, 0.6) is 5.75 Å². The van der Waals surface area contributed by atoms with E-state index in [1.807, 2.05) is 0 Å². The van der Waals surface area contributed by atoms with Gasteiger partial charge in [-0.05, 0) is 85.5 Å². The zero-order chi connectivity index (χ0) is 24.0. The van der Waals surface area contributed by atoms with Gasteiger partial charge in [-0.1, -0.05) is 42.0 Å². The van der Waals surface area contributed by atoms with Gasteiger partial charge in [0.15, 0.2) is 0 Å². The molecular formula is C31H33BrN2O. The summed E-state index contributed by atoms with van der Waals surface area (Å²) in [6.07, 6.45) is 0. The molecule has 4 aromatic rings. The second-order valence-corrected chi connectivity index (χ2v) is 9.45. The molecule has 1 heterocycles. The number of anilines is 4. The molecule has 3 nitrogen and oxygen atoms in total.